The predicted octanol–water partition coefficient (Wildman–Crippen LogP) is 4.63. The number of carbonyl (C=O) groups is 1. The number of nitrogens with one attached hydrogen (secondary N) is 1. The van der Waals surface area contributed by atoms with Gasteiger partial charge in [-0.15, -0.1) is 0 Å². The van der Waals surface area contributed by atoms with Crippen molar-refractivity contribution in [3.05, 3.63) is 81.8 Å². The first kappa shape index (κ1) is 16.5. The Morgan fingerprint density at radius 1 is 1.21 bits per heavy atom. The molecule has 0 atom stereocenters. The molecule has 0 spiro atoms. The third kappa shape index (κ3) is 3.75. The van der Waals surface area contributed by atoms with E-state index in [4.69, 9.17) is 23.2 Å². The summed E-state index contributed by atoms with van der Waals surface area (Å²) >= 11 is 12.0. The Bertz CT molecular complexity index is 895. The van der Waals surface area contributed by atoms with Crippen molar-refractivity contribution in [3.63, 3.8) is 0 Å². The highest BCUT2D eigenvalue weighted by atomic mass is 35.5. The average Bonchev–Trinajstić information content (AvgIpc) is 2.97. The molecule has 1 heterocycles. The van der Waals surface area contributed by atoms with E-state index in [1.165, 1.54) is 24.4 Å². The first-order valence-corrected chi connectivity index (χ1v) is 7.81. The van der Waals surface area contributed by atoms with Crippen LogP contribution in [0, 0.1) is 5.82 Å². The molecule has 7 heteroatoms. The lowest BCUT2D eigenvalue weighted by molar-refractivity contribution is 0.102. The summed E-state index contributed by atoms with van der Waals surface area (Å²) in [6.45, 7) is 0.422. The molecule has 0 saturated carbocycles. The Labute approximate surface area is 147 Å². The number of nitrogens with zero attached hydrogens (tertiary/aromatic N) is 2. The number of benzene rings is 2. The number of amides is 1. The summed E-state index contributed by atoms with van der Waals surface area (Å²) < 4.78 is 15.2. The van der Waals surface area contributed by atoms with E-state index >= 15 is 0 Å². The van der Waals surface area contributed by atoms with Gasteiger partial charge in [0.15, 0.2) is 0 Å². The van der Waals surface area contributed by atoms with Gasteiger partial charge in [-0.1, -0.05) is 41.4 Å². The van der Waals surface area contributed by atoms with Crippen molar-refractivity contribution >= 4 is 34.8 Å². The lowest BCUT2D eigenvalue weighted by Crippen LogP contribution is -2.13. The molecular formula is C17H12Cl2FN3O. The van der Waals surface area contributed by atoms with Crippen LogP contribution < -0.4 is 5.32 Å². The molecule has 3 rings (SSSR count). The molecular weight excluding hydrogens is 352 g/mol. The Morgan fingerprint density at radius 2 is 2.00 bits per heavy atom. The minimum absolute atomic E-state index is 0.0222. The molecule has 0 unspecified atom stereocenters. The average molecular weight is 364 g/mol. The highest BCUT2D eigenvalue weighted by Crippen LogP contribution is 2.22. The third-order valence-electron chi connectivity index (χ3n) is 3.36. The topological polar surface area (TPSA) is 46.9 Å². The Hall–Kier alpha value is -2.37. The number of hydrogen-bond acceptors (Lipinski definition) is 2. The monoisotopic (exact) mass is 363 g/mol. The zero-order valence-corrected chi connectivity index (χ0v) is 13.9. The standard InChI is InChI=1S/C17H12Cl2FN3O/c18-12-6-5-11(15(19)7-12)9-23-10-13(8-21-23)22-17(24)14-3-1-2-4-16(14)20/h1-8,10H,9H2,(H,22,24). The molecule has 1 aromatic heterocycles. The van der Waals surface area contributed by atoms with E-state index < -0.39 is 11.7 Å². The normalized spacial score (nSPS) is 10.6. The molecule has 0 saturated heterocycles. The third-order valence-corrected chi connectivity index (χ3v) is 3.94. The quantitative estimate of drug-likeness (QED) is 0.734. The van der Waals surface area contributed by atoms with Gasteiger partial charge in [-0.3, -0.25) is 9.48 Å². The van der Waals surface area contributed by atoms with E-state index in [1.807, 2.05) is 6.07 Å². The molecule has 4 nitrogen and oxygen atoms in total. The molecule has 0 aliphatic carbocycles. The van der Waals surface area contributed by atoms with Crippen molar-refractivity contribution in [2.75, 3.05) is 5.32 Å². The lowest BCUT2D eigenvalue weighted by Gasteiger charge is -2.05. The van der Waals surface area contributed by atoms with Gasteiger partial charge < -0.3 is 5.32 Å². The smallest absolute Gasteiger partial charge is 0.258 e. The van der Waals surface area contributed by atoms with Gasteiger partial charge in [0.1, 0.15) is 5.82 Å². The van der Waals surface area contributed by atoms with Crippen molar-refractivity contribution in [2.24, 2.45) is 0 Å². The molecule has 122 valence electrons. The minimum Gasteiger partial charge on any atom is -0.319 e. The largest absolute Gasteiger partial charge is 0.319 e. The van der Waals surface area contributed by atoms with Crippen LogP contribution in [-0.4, -0.2) is 15.7 Å². The molecule has 0 aliphatic heterocycles. The van der Waals surface area contributed by atoms with Gasteiger partial charge in [0.25, 0.3) is 5.91 Å². The number of rotatable bonds is 4. The highest BCUT2D eigenvalue weighted by Gasteiger charge is 2.12. The van der Waals surface area contributed by atoms with Crippen LogP contribution in [0.15, 0.2) is 54.9 Å². The summed E-state index contributed by atoms with van der Waals surface area (Å²) in [6, 6.07) is 11.0. The van der Waals surface area contributed by atoms with Crippen LogP contribution in [0.25, 0.3) is 0 Å². The summed E-state index contributed by atoms with van der Waals surface area (Å²) in [6.07, 6.45) is 3.13. The maximum absolute atomic E-state index is 13.6. The zero-order chi connectivity index (χ0) is 17.1. The van der Waals surface area contributed by atoms with Gasteiger partial charge in [-0.25, -0.2) is 4.39 Å². The van der Waals surface area contributed by atoms with Gasteiger partial charge in [0.05, 0.1) is 24.0 Å². The van der Waals surface area contributed by atoms with Crippen LogP contribution in [0.3, 0.4) is 0 Å². The van der Waals surface area contributed by atoms with Crippen molar-refractivity contribution in [2.45, 2.75) is 6.54 Å². The van der Waals surface area contributed by atoms with Crippen molar-refractivity contribution in [1.29, 1.82) is 0 Å². The van der Waals surface area contributed by atoms with Gasteiger partial charge in [-0.05, 0) is 29.8 Å². The molecule has 2 aromatic carbocycles. The van der Waals surface area contributed by atoms with Crippen LogP contribution in [0.2, 0.25) is 10.0 Å². The molecule has 3 aromatic rings. The molecule has 0 bridgehead atoms. The van der Waals surface area contributed by atoms with Gasteiger partial charge in [0.2, 0.25) is 0 Å². The van der Waals surface area contributed by atoms with Crippen LogP contribution >= 0.6 is 23.2 Å². The minimum atomic E-state index is -0.574. The van der Waals surface area contributed by atoms with Gasteiger partial charge in [0, 0.05) is 16.2 Å². The summed E-state index contributed by atoms with van der Waals surface area (Å²) in [4.78, 5) is 12.1. The maximum atomic E-state index is 13.6. The first-order chi connectivity index (χ1) is 11.5. The lowest BCUT2D eigenvalue weighted by atomic mass is 10.2. The highest BCUT2D eigenvalue weighted by molar-refractivity contribution is 6.35. The first-order valence-electron chi connectivity index (χ1n) is 7.05. The molecule has 24 heavy (non-hydrogen) atoms. The fourth-order valence-electron chi connectivity index (χ4n) is 2.18. The molecule has 0 aliphatic rings. The van der Waals surface area contributed by atoms with Crippen LogP contribution in [0.4, 0.5) is 10.1 Å². The second-order valence-electron chi connectivity index (χ2n) is 5.10. The summed E-state index contributed by atoms with van der Waals surface area (Å²) in [5, 5.41) is 7.87. The summed E-state index contributed by atoms with van der Waals surface area (Å²) in [5.74, 6) is -1.10. The van der Waals surface area contributed by atoms with Gasteiger partial charge in [-0.2, -0.15) is 5.10 Å². The van der Waals surface area contributed by atoms with Crippen LogP contribution in [0.5, 0.6) is 0 Å². The van der Waals surface area contributed by atoms with Crippen LogP contribution in [-0.2, 0) is 6.54 Å². The van der Waals surface area contributed by atoms with E-state index in [2.05, 4.69) is 10.4 Å². The van der Waals surface area contributed by atoms with E-state index in [-0.39, 0.29) is 5.56 Å². The van der Waals surface area contributed by atoms with E-state index in [0.29, 0.717) is 22.3 Å². The fourth-order valence-corrected chi connectivity index (χ4v) is 2.65. The Morgan fingerprint density at radius 3 is 2.75 bits per heavy atom. The van der Waals surface area contributed by atoms with E-state index in [1.54, 1.807) is 29.1 Å². The number of anilines is 1. The summed E-state index contributed by atoms with van der Waals surface area (Å²) in [5.41, 5.74) is 1.29. The Kier molecular flexibility index (Phi) is 4.83. The number of aromatic nitrogens is 2. The molecule has 0 fully saturated rings. The number of hydrogen-bond donors (Lipinski definition) is 1. The second-order valence-corrected chi connectivity index (χ2v) is 5.94. The number of halogens is 3. The molecule has 0 radical (unpaired) electrons. The maximum Gasteiger partial charge on any atom is 0.258 e. The SMILES string of the molecule is O=C(Nc1cnn(Cc2ccc(Cl)cc2Cl)c1)c1ccccc1F. The van der Waals surface area contributed by atoms with Crippen molar-refractivity contribution in [1.82, 2.24) is 9.78 Å². The number of carbonyl (C=O) groups excluding carboxylic acids is 1. The van der Waals surface area contributed by atoms with Crippen molar-refractivity contribution < 1.29 is 9.18 Å². The van der Waals surface area contributed by atoms with E-state index in [0.717, 1.165) is 5.56 Å². The molecule has 1 amide bonds. The van der Waals surface area contributed by atoms with Crippen LogP contribution in [0.1, 0.15) is 15.9 Å². The zero-order valence-electron chi connectivity index (χ0n) is 12.3. The van der Waals surface area contributed by atoms with Gasteiger partial charge >= 0.3 is 0 Å². The second kappa shape index (κ2) is 7.03. The Balaban J connectivity index is 1.72. The van der Waals surface area contributed by atoms with Crippen molar-refractivity contribution in [3.8, 4) is 0 Å². The fraction of sp³-hybridized carbons (Fsp3) is 0.0588. The van der Waals surface area contributed by atoms with E-state index in [9.17, 15) is 9.18 Å². The predicted molar refractivity (Wildman–Crippen MR) is 92.1 cm³/mol. The molecule has 1 N–H and O–H groups in total. The summed E-state index contributed by atoms with van der Waals surface area (Å²) in [7, 11) is 0.